The summed E-state index contributed by atoms with van der Waals surface area (Å²) in [6.45, 7) is 3.40. The number of amides is 1. The Labute approximate surface area is 130 Å². The number of carbonyl (C=O) groups excluding carboxylic acids is 1. The molecule has 6 nitrogen and oxygen atoms in total. The molecule has 2 aromatic heterocycles. The molecule has 22 heavy (non-hydrogen) atoms. The highest BCUT2D eigenvalue weighted by Gasteiger charge is 2.20. The molecule has 0 aliphatic carbocycles. The highest BCUT2D eigenvalue weighted by molar-refractivity contribution is 5.98. The number of nitrogens with one attached hydrogen (secondary N) is 1. The summed E-state index contributed by atoms with van der Waals surface area (Å²) in [5, 5.41) is 7.12. The zero-order valence-electron chi connectivity index (χ0n) is 12.6. The van der Waals surface area contributed by atoms with Crippen molar-refractivity contribution >= 4 is 11.7 Å². The standard InChI is InChI=1S/C16H21N5O/c22-16(18-8-4-12-21-13-5-9-19-21)14-6-3-7-17-15(14)20-10-1-2-11-20/h3,5-7,9,13H,1-2,4,8,10-12H2,(H,18,22). The molecule has 0 bridgehead atoms. The number of hydrogen-bond donors (Lipinski definition) is 1. The number of aryl methyl sites for hydroxylation is 1. The molecule has 116 valence electrons. The summed E-state index contributed by atoms with van der Waals surface area (Å²) in [5.74, 6) is 0.764. The van der Waals surface area contributed by atoms with Crippen LogP contribution in [0.2, 0.25) is 0 Å². The predicted octanol–water partition coefficient (Wildman–Crippen LogP) is 1.70. The molecular formula is C16H21N5O. The smallest absolute Gasteiger partial charge is 0.255 e. The highest BCUT2D eigenvalue weighted by Crippen LogP contribution is 2.21. The maximum atomic E-state index is 12.4. The van der Waals surface area contributed by atoms with E-state index in [9.17, 15) is 4.79 Å². The third kappa shape index (κ3) is 3.44. The van der Waals surface area contributed by atoms with Crippen molar-refractivity contribution in [2.45, 2.75) is 25.8 Å². The lowest BCUT2D eigenvalue weighted by atomic mass is 10.2. The number of rotatable bonds is 6. The molecule has 0 radical (unpaired) electrons. The van der Waals surface area contributed by atoms with Crippen LogP contribution in [0.4, 0.5) is 5.82 Å². The van der Waals surface area contributed by atoms with Gasteiger partial charge in [0.2, 0.25) is 0 Å². The highest BCUT2D eigenvalue weighted by atomic mass is 16.1. The topological polar surface area (TPSA) is 63.1 Å². The number of nitrogens with zero attached hydrogens (tertiary/aromatic N) is 4. The van der Waals surface area contributed by atoms with Gasteiger partial charge in [0.25, 0.3) is 5.91 Å². The fraction of sp³-hybridized carbons (Fsp3) is 0.438. The van der Waals surface area contributed by atoms with Crippen LogP contribution in [-0.2, 0) is 6.54 Å². The van der Waals surface area contributed by atoms with E-state index in [1.54, 1.807) is 12.4 Å². The second kappa shape index (κ2) is 7.06. The number of hydrogen-bond acceptors (Lipinski definition) is 4. The SMILES string of the molecule is O=C(NCCCn1cccn1)c1cccnc1N1CCCC1. The zero-order valence-corrected chi connectivity index (χ0v) is 12.6. The molecule has 1 fully saturated rings. The molecular weight excluding hydrogens is 278 g/mol. The average Bonchev–Trinajstić information content (AvgIpc) is 3.24. The molecule has 2 aromatic rings. The van der Waals surface area contributed by atoms with E-state index in [4.69, 9.17) is 0 Å². The van der Waals surface area contributed by atoms with Gasteiger partial charge >= 0.3 is 0 Å². The third-order valence-electron chi connectivity index (χ3n) is 3.85. The van der Waals surface area contributed by atoms with E-state index in [0.29, 0.717) is 12.1 Å². The summed E-state index contributed by atoms with van der Waals surface area (Å²) in [6, 6.07) is 5.57. The van der Waals surface area contributed by atoms with Crippen molar-refractivity contribution in [3.05, 3.63) is 42.4 Å². The molecule has 6 heteroatoms. The van der Waals surface area contributed by atoms with Gasteiger partial charge in [-0.2, -0.15) is 5.10 Å². The van der Waals surface area contributed by atoms with Crippen molar-refractivity contribution in [2.24, 2.45) is 0 Å². The number of aromatic nitrogens is 3. The third-order valence-corrected chi connectivity index (χ3v) is 3.85. The monoisotopic (exact) mass is 299 g/mol. The van der Waals surface area contributed by atoms with E-state index < -0.39 is 0 Å². The Hall–Kier alpha value is -2.37. The van der Waals surface area contributed by atoms with E-state index in [0.717, 1.165) is 31.9 Å². The summed E-state index contributed by atoms with van der Waals surface area (Å²) in [5.41, 5.74) is 0.670. The maximum absolute atomic E-state index is 12.4. The van der Waals surface area contributed by atoms with Crippen molar-refractivity contribution in [2.75, 3.05) is 24.5 Å². The van der Waals surface area contributed by atoms with E-state index in [1.807, 2.05) is 29.1 Å². The molecule has 3 rings (SSSR count). The second-order valence-corrected chi connectivity index (χ2v) is 5.45. The quantitative estimate of drug-likeness (QED) is 0.825. The van der Waals surface area contributed by atoms with Crippen LogP contribution in [0.1, 0.15) is 29.6 Å². The Morgan fingerprint density at radius 3 is 2.86 bits per heavy atom. The first-order valence-electron chi connectivity index (χ1n) is 7.80. The van der Waals surface area contributed by atoms with Crippen molar-refractivity contribution in [3.63, 3.8) is 0 Å². The van der Waals surface area contributed by atoms with E-state index in [1.165, 1.54) is 12.8 Å². The van der Waals surface area contributed by atoms with Gasteiger partial charge in [0.05, 0.1) is 5.56 Å². The van der Waals surface area contributed by atoms with Crippen LogP contribution < -0.4 is 10.2 Å². The van der Waals surface area contributed by atoms with Gasteiger partial charge in [-0.25, -0.2) is 4.98 Å². The second-order valence-electron chi connectivity index (χ2n) is 5.45. The Kier molecular flexibility index (Phi) is 4.68. The summed E-state index contributed by atoms with van der Waals surface area (Å²) >= 11 is 0. The van der Waals surface area contributed by atoms with Crippen molar-refractivity contribution in [3.8, 4) is 0 Å². The van der Waals surface area contributed by atoms with Gasteiger partial charge in [0.15, 0.2) is 0 Å². The zero-order chi connectivity index (χ0) is 15.2. The van der Waals surface area contributed by atoms with Gasteiger partial charge in [-0.05, 0) is 37.5 Å². The van der Waals surface area contributed by atoms with Crippen molar-refractivity contribution in [1.29, 1.82) is 0 Å². The number of carbonyl (C=O) groups is 1. The van der Waals surface area contributed by atoms with E-state index in [-0.39, 0.29) is 5.91 Å². The van der Waals surface area contributed by atoms with Crippen LogP contribution in [0.5, 0.6) is 0 Å². The van der Waals surface area contributed by atoms with Gasteiger partial charge in [0.1, 0.15) is 5.82 Å². The Morgan fingerprint density at radius 2 is 2.09 bits per heavy atom. The van der Waals surface area contributed by atoms with Crippen LogP contribution >= 0.6 is 0 Å². The molecule has 1 amide bonds. The average molecular weight is 299 g/mol. The van der Waals surface area contributed by atoms with Crippen LogP contribution in [0, 0.1) is 0 Å². The molecule has 1 aliphatic heterocycles. The minimum absolute atomic E-state index is 0.0459. The molecule has 3 heterocycles. The minimum atomic E-state index is -0.0459. The molecule has 0 atom stereocenters. The predicted molar refractivity (Wildman–Crippen MR) is 84.9 cm³/mol. The lowest BCUT2D eigenvalue weighted by Gasteiger charge is -2.19. The number of anilines is 1. The molecule has 1 N–H and O–H groups in total. The fourth-order valence-electron chi connectivity index (χ4n) is 2.73. The summed E-state index contributed by atoms with van der Waals surface area (Å²) < 4.78 is 1.87. The number of pyridine rings is 1. The molecule has 0 saturated carbocycles. The van der Waals surface area contributed by atoms with Gasteiger partial charge in [-0.3, -0.25) is 9.48 Å². The fourth-order valence-corrected chi connectivity index (χ4v) is 2.73. The molecule has 0 spiro atoms. The van der Waals surface area contributed by atoms with E-state index in [2.05, 4.69) is 20.3 Å². The van der Waals surface area contributed by atoms with Crippen LogP contribution in [-0.4, -0.2) is 40.3 Å². The first kappa shape index (κ1) is 14.6. The van der Waals surface area contributed by atoms with Crippen LogP contribution in [0.3, 0.4) is 0 Å². The summed E-state index contributed by atoms with van der Waals surface area (Å²) in [6.07, 6.45) is 8.63. The van der Waals surface area contributed by atoms with Gasteiger partial charge in [-0.15, -0.1) is 0 Å². The maximum Gasteiger partial charge on any atom is 0.255 e. The molecule has 0 aromatic carbocycles. The van der Waals surface area contributed by atoms with Crippen LogP contribution in [0.15, 0.2) is 36.8 Å². The largest absolute Gasteiger partial charge is 0.356 e. The Bertz CT molecular complexity index is 605. The van der Waals surface area contributed by atoms with Gasteiger partial charge < -0.3 is 10.2 Å². The normalized spacial score (nSPS) is 14.3. The Balaban J connectivity index is 1.55. The lowest BCUT2D eigenvalue weighted by molar-refractivity contribution is 0.0953. The Morgan fingerprint density at radius 1 is 1.23 bits per heavy atom. The lowest BCUT2D eigenvalue weighted by Crippen LogP contribution is -2.29. The molecule has 1 aliphatic rings. The summed E-state index contributed by atoms with van der Waals surface area (Å²) in [4.78, 5) is 19.0. The van der Waals surface area contributed by atoms with Gasteiger partial charge in [0, 0.05) is 44.8 Å². The van der Waals surface area contributed by atoms with E-state index >= 15 is 0 Å². The van der Waals surface area contributed by atoms with Crippen LogP contribution in [0.25, 0.3) is 0 Å². The minimum Gasteiger partial charge on any atom is -0.356 e. The first-order valence-corrected chi connectivity index (χ1v) is 7.80. The first-order chi connectivity index (χ1) is 10.8. The molecule has 1 saturated heterocycles. The summed E-state index contributed by atoms with van der Waals surface area (Å²) in [7, 11) is 0. The molecule has 0 unspecified atom stereocenters. The van der Waals surface area contributed by atoms with Gasteiger partial charge in [-0.1, -0.05) is 0 Å². The van der Waals surface area contributed by atoms with Crippen molar-refractivity contribution in [1.82, 2.24) is 20.1 Å². The van der Waals surface area contributed by atoms with Crippen molar-refractivity contribution < 1.29 is 4.79 Å².